The Balaban J connectivity index is 1.93. The van der Waals surface area contributed by atoms with Crippen LogP contribution in [0.25, 0.3) is 0 Å². The first-order valence-electron chi connectivity index (χ1n) is 10.5. The van der Waals surface area contributed by atoms with E-state index in [-0.39, 0.29) is 30.8 Å². The van der Waals surface area contributed by atoms with E-state index >= 15 is 0 Å². The summed E-state index contributed by atoms with van der Waals surface area (Å²) < 4.78 is 0. The van der Waals surface area contributed by atoms with Crippen molar-refractivity contribution in [3.63, 3.8) is 0 Å². The first-order chi connectivity index (χ1) is 14.7. The van der Waals surface area contributed by atoms with Crippen molar-refractivity contribution in [2.75, 3.05) is 35.6 Å². The minimum Gasteiger partial charge on any atom is -0.326 e. The van der Waals surface area contributed by atoms with Gasteiger partial charge in [-0.3, -0.25) is 19.3 Å². The molecule has 0 aliphatic carbocycles. The Labute approximate surface area is 184 Å². The number of rotatable bonds is 9. The lowest BCUT2D eigenvalue weighted by Gasteiger charge is -2.21. The summed E-state index contributed by atoms with van der Waals surface area (Å²) in [5, 5.41) is 8.52. The number of nitrogens with one attached hydrogen (secondary N) is 3. The Kier molecular flexibility index (Phi) is 8.75. The number of hydrogen-bond donors (Lipinski definition) is 3. The SMILES string of the molecule is CCN(CC(=O)Nc1ccc(NC(C)=O)cc1)CC(=O)Nc1c(C)cccc1C(C)C. The van der Waals surface area contributed by atoms with Crippen LogP contribution >= 0.6 is 0 Å². The van der Waals surface area contributed by atoms with Crippen LogP contribution in [0, 0.1) is 6.92 Å². The highest BCUT2D eigenvalue weighted by atomic mass is 16.2. The van der Waals surface area contributed by atoms with Crippen molar-refractivity contribution in [2.45, 2.75) is 40.5 Å². The van der Waals surface area contributed by atoms with Gasteiger partial charge in [0, 0.05) is 24.0 Å². The maximum Gasteiger partial charge on any atom is 0.238 e. The van der Waals surface area contributed by atoms with Crippen molar-refractivity contribution in [2.24, 2.45) is 0 Å². The highest BCUT2D eigenvalue weighted by Gasteiger charge is 2.16. The number of carbonyl (C=O) groups excluding carboxylic acids is 3. The number of hydrogen-bond acceptors (Lipinski definition) is 4. The quantitative estimate of drug-likeness (QED) is 0.568. The van der Waals surface area contributed by atoms with Crippen LogP contribution in [0.2, 0.25) is 0 Å². The zero-order valence-corrected chi connectivity index (χ0v) is 18.9. The molecule has 0 saturated heterocycles. The van der Waals surface area contributed by atoms with E-state index in [0.717, 1.165) is 16.8 Å². The van der Waals surface area contributed by atoms with Crippen molar-refractivity contribution in [3.05, 3.63) is 53.6 Å². The van der Waals surface area contributed by atoms with Crippen molar-refractivity contribution in [1.82, 2.24) is 4.90 Å². The topological polar surface area (TPSA) is 90.5 Å². The third kappa shape index (κ3) is 7.53. The van der Waals surface area contributed by atoms with Gasteiger partial charge in [-0.2, -0.15) is 0 Å². The van der Waals surface area contributed by atoms with Gasteiger partial charge in [-0.1, -0.05) is 39.0 Å². The molecule has 2 aromatic carbocycles. The molecule has 7 nitrogen and oxygen atoms in total. The first kappa shape index (κ1) is 24.1. The largest absolute Gasteiger partial charge is 0.326 e. The predicted molar refractivity (Wildman–Crippen MR) is 125 cm³/mol. The molecule has 0 fully saturated rings. The summed E-state index contributed by atoms with van der Waals surface area (Å²) in [5.41, 5.74) is 4.25. The van der Waals surface area contributed by atoms with E-state index in [1.54, 1.807) is 29.2 Å². The van der Waals surface area contributed by atoms with Gasteiger partial charge < -0.3 is 16.0 Å². The second-order valence-corrected chi connectivity index (χ2v) is 7.85. The van der Waals surface area contributed by atoms with Gasteiger partial charge in [0.15, 0.2) is 0 Å². The molecular formula is C24H32N4O3. The van der Waals surface area contributed by atoms with E-state index in [2.05, 4.69) is 29.8 Å². The van der Waals surface area contributed by atoms with Gasteiger partial charge in [0.2, 0.25) is 17.7 Å². The van der Waals surface area contributed by atoms with Gasteiger partial charge in [0.05, 0.1) is 13.1 Å². The van der Waals surface area contributed by atoms with E-state index in [1.165, 1.54) is 6.92 Å². The fraction of sp³-hybridized carbons (Fsp3) is 0.375. The Hall–Kier alpha value is -3.19. The molecule has 31 heavy (non-hydrogen) atoms. The summed E-state index contributed by atoms with van der Waals surface area (Å²) >= 11 is 0. The number of amides is 3. The molecule has 2 aromatic rings. The molecule has 0 aliphatic heterocycles. The molecule has 0 heterocycles. The fourth-order valence-corrected chi connectivity index (χ4v) is 3.25. The Morgan fingerprint density at radius 2 is 1.42 bits per heavy atom. The number of anilines is 3. The summed E-state index contributed by atoms with van der Waals surface area (Å²) in [6.07, 6.45) is 0. The summed E-state index contributed by atoms with van der Waals surface area (Å²) in [4.78, 5) is 37.9. The molecule has 7 heteroatoms. The van der Waals surface area contributed by atoms with E-state index in [1.807, 2.05) is 32.0 Å². The maximum absolute atomic E-state index is 12.7. The van der Waals surface area contributed by atoms with Crippen LogP contribution in [0.3, 0.4) is 0 Å². The van der Waals surface area contributed by atoms with E-state index in [9.17, 15) is 14.4 Å². The second-order valence-electron chi connectivity index (χ2n) is 7.85. The molecule has 0 aromatic heterocycles. The monoisotopic (exact) mass is 424 g/mol. The summed E-state index contributed by atoms with van der Waals surface area (Å²) in [5.74, 6) is -0.216. The molecule has 0 saturated carbocycles. The number of carbonyl (C=O) groups is 3. The van der Waals surface area contributed by atoms with Crippen molar-refractivity contribution < 1.29 is 14.4 Å². The van der Waals surface area contributed by atoms with Gasteiger partial charge in [0.1, 0.15) is 0 Å². The minimum atomic E-state index is -0.208. The number of para-hydroxylation sites is 1. The molecule has 2 rings (SSSR count). The maximum atomic E-state index is 12.7. The van der Waals surface area contributed by atoms with Gasteiger partial charge in [-0.15, -0.1) is 0 Å². The van der Waals surface area contributed by atoms with Crippen LogP contribution in [0.15, 0.2) is 42.5 Å². The first-order valence-corrected chi connectivity index (χ1v) is 10.5. The van der Waals surface area contributed by atoms with E-state index in [0.29, 0.717) is 23.8 Å². The Morgan fingerprint density at radius 3 is 1.94 bits per heavy atom. The molecular weight excluding hydrogens is 392 g/mol. The zero-order chi connectivity index (χ0) is 23.0. The lowest BCUT2D eigenvalue weighted by molar-refractivity contribution is -0.120. The van der Waals surface area contributed by atoms with Crippen molar-refractivity contribution >= 4 is 34.8 Å². The smallest absolute Gasteiger partial charge is 0.238 e. The van der Waals surface area contributed by atoms with Gasteiger partial charge in [-0.25, -0.2) is 0 Å². The molecule has 0 spiro atoms. The second kappa shape index (κ2) is 11.3. The molecule has 0 bridgehead atoms. The molecule has 0 unspecified atom stereocenters. The average Bonchev–Trinajstić information content (AvgIpc) is 2.69. The van der Waals surface area contributed by atoms with Crippen LogP contribution < -0.4 is 16.0 Å². The van der Waals surface area contributed by atoms with Crippen LogP contribution in [0.5, 0.6) is 0 Å². The Morgan fingerprint density at radius 1 is 0.871 bits per heavy atom. The van der Waals surface area contributed by atoms with E-state index < -0.39 is 0 Å². The molecule has 166 valence electrons. The van der Waals surface area contributed by atoms with Gasteiger partial charge in [-0.05, 0) is 54.8 Å². The number of likely N-dealkylation sites (N-methyl/N-ethyl adjacent to an activating group) is 1. The van der Waals surface area contributed by atoms with Crippen LogP contribution in [0.4, 0.5) is 17.1 Å². The highest BCUT2D eigenvalue weighted by molar-refractivity contribution is 5.96. The number of nitrogens with zero attached hydrogens (tertiary/aromatic N) is 1. The normalized spacial score (nSPS) is 10.8. The summed E-state index contributed by atoms with van der Waals surface area (Å²) in [6.45, 7) is 10.3. The lowest BCUT2D eigenvalue weighted by atomic mass is 9.98. The molecule has 3 amide bonds. The standard InChI is InChI=1S/C24H32N4O3/c1-6-28(14-22(30)26-20-12-10-19(11-13-20)25-18(5)29)15-23(31)27-24-17(4)8-7-9-21(24)16(2)3/h7-13,16H,6,14-15H2,1-5H3,(H,25,29)(H,26,30)(H,27,31). The van der Waals surface area contributed by atoms with Gasteiger partial charge >= 0.3 is 0 Å². The average molecular weight is 425 g/mol. The van der Waals surface area contributed by atoms with Crippen molar-refractivity contribution in [1.29, 1.82) is 0 Å². The minimum absolute atomic E-state index is 0.0994. The lowest BCUT2D eigenvalue weighted by Crippen LogP contribution is -2.38. The van der Waals surface area contributed by atoms with Crippen LogP contribution in [0.1, 0.15) is 44.7 Å². The summed E-state index contributed by atoms with van der Waals surface area (Å²) in [7, 11) is 0. The fourth-order valence-electron chi connectivity index (χ4n) is 3.25. The van der Waals surface area contributed by atoms with Gasteiger partial charge in [0.25, 0.3) is 0 Å². The summed E-state index contributed by atoms with van der Waals surface area (Å²) in [6, 6.07) is 12.9. The van der Waals surface area contributed by atoms with Crippen molar-refractivity contribution in [3.8, 4) is 0 Å². The van der Waals surface area contributed by atoms with E-state index in [4.69, 9.17) is 0 Å². The molecule has 3 N–H and O–H groups in total. The third-order valence-corrected chi connectivity index (χ3v) is 4.86. The Bertz CT molecular complexity index is 923. The predicted octanol–water partition coefficient (Wildman–Crippen LogP) is 3.98. The van der Waals surface area contributed by atoms with Crippen LogP contribution in [-0.4, -0.2) is 42.3 Å². The molecule has 0 atom stereocenters. The molecule has 0 radical (unpaired) electrons. The third-order valence-electron chi connectivity index (χ3n) is 4.86. The highest BCUT2D eigenvalue weighted by Crippen LogP contribution is 2.27. The molecule has 0 aliphatic rings. The zero-order valence-electron chi connectivity index (χ0n) is 18.9. The number of benzene rings is 2. The number of aryl methyl sites for hydroxylation is 1. The van der Waals surface area contributed by atoms with Crippen LogP contribution in [-0.2, 0) is 14.4 Å².